The fourth-order valence-electron chi connectivity index (χ4n) is 2.44. The maximum absolute atomic E-state index is 12.1. The molecule has 0 radical (unpaired) electrons. The van der Waals surface area contributed by atoms with Crippen LogP contribution in [0.5, 0.6) is 5.75 Å². The monoisotopic (exact) mass is 402 g/mol. The van der Waals surface area contributed by atoms with Crippen LogP contribution >= 0.6 is 22.9 Å². The number of amides is 1. The van der Waals surface area contributed by atoms with Crippen molar-refractivity contribution in [3.8, 4) is 17.0 Å². The van der Waals surface area contributed by atoms with Crippen molar-refractivity contribution in [3.05, 3.63) is 58.1 Å². The zero-order chi connectivity index (χ0) is 19.1. The van der Waals surface area contributed by atoms with E-state index in [1.807, 2.05) is 17.5 Å². The molecule has 0 fully saturated rings. The number of rotatable bonds is 8. The van der Waals surface area contributed by atoms with Crippen LogP contribution in [0.15, 0.2) is 48.1 Å². The number of nitrogens with one attached hydrogen (secondary N) is 2. The van der Waals surface area contributed by atoms with E-state index in [0.29, 0.717) is 30.3 Å². The highest BCUT2D eigenvalue weighted by Crippen LogP contribution is 2.27. The first-order chi connectivity index (χ1) is 13.2. The molecule has 0 aliphatic carbocycles. The van der Waals surface area contributed by atoms with Gasteiger partial charge in [-0.1, -0.05) is 11.6 Å². The summed E-state index contributed by atoms with van der Waals surface area (Å²) < 4.78 is 5.27. The Balaban J connectivity index is 1.45. The van der Waals surface area contributed by atoms with E-state index in [4.69, 9.17) is 16.3 Å². The lowest BCUT2D eigenvalue weighted by Crippen LogP contribution is -2.24. The summed E-state index contributed by atoms with van der Waals surface area (Å²) in [6.07, 6.45) is 3.80. The molecule has 1 aromatic carbocycles. The first-order valence-electron chi connectivity index (χ1n) is 8.34. The fraction of sp³-hybridized carbons (Fsp3) is 0.211. The van der Waals surface area contributed by atoms with Crippen LogP contribution in [-0.2, 0) is 11.3 Å². The molecule has 6 nitrogen and oxygen atoms in total. The van der Waals surface area contributed by atoms with Gasteiger partial charge in [-0.2, -0.15) is 0 Å². The molecule has 3 aromatic rings. The zero-order valence-electron chi connectivity index (χ0n) is 14.7. The van der Waals surface area contributed by atoms with Crippen LogP contribution in [-0.4, -0.2) is 29.5 Å². The third-order valence-corrected chi connectivity index (χ3v) is 4.88. The van der Waals surface area contributed by atoms with Gasteiger partial charge in [-0.25, -0.2) is 4.98 Å². The van der Waals surface area contributed by atoms with Gasteiger partial charge in [0.1, 0.15) is 10.8 Å². The highest BCUT2D eigenvalue weighted by Gasteiger charge is 2.08. The number of hydrogen-bond acceptors (Lipinski definition) is 6. The number of hydrogen-bond donors (Lipinski definition) is 2. The Morgan fingerprint density at radius 2 is 2.07 bits per heavy atom. The summed E-state index contributed by atoms with van der Waals surface area (Å²) in [5, 5.41) is 9.50. The molecule has 0 aliphatic rings. The van der Waals surface area contributed by atoms with Crippen molar-refractivity contribution >= 4 is 34.5 Å². The second kappa shape index (κ2) is 9.34. The summed E-state index contributed by atoms with van der Waals surface area (Å²) in [5.41, 5.74) is 2.67. The van der Waals surface area contributed by atoms with Gasteiger partial charge in [-0.05, 0) is 30.3 Å². The predicted molar refractivity (Wildman–Crippen MR) is 108 cm³/mol. The minimum Gasteiger partial charge on any atom is -0.495 e. The number of halogens is 1. The van der Waals surface area contributed by atoms with E-state index in [2.05, 4.69) is 20.6 Å². The van der Waals surface area contributed by atoms with Crippen molar-refractivity contribution in [2.75, 3.05) is 19.0 Å². The molecular weight excluding hydrogens is 384 g/mol. The van der Waals surface area contributed by atoms with Gasteiger partial charge < -0.3 is 15.4 Å². The number of nitrogens with zero attached hydrogens (tertiary/aromatic N) is 2. The molecule has 1 amide bonds. The SMILES string of the molecule is COc1ccc(Cl)cc1NCCC(=O)NCc1nc(-c2ccncc2)cs1. The molecule has 2 heterocycles. The molecule has 2 N–H and O–H groups in total. The lowest BCUT2D eigenvalue weighted by Gasteiger charge is -2.11. The highest BCUT2D eigenvalue weighted by molar-refractivity contribution is 7.09. The van der Waals surface area contributed by atoms with Gasteiger partial charge in [0.05, 0.1) is 25.0 Å². The summed E-state index contributed by atoms with van der Waals surface area (Å²) in [5.74, 6) is 0.635. The maximum Gasteiger partial charge on any atom is 0.222 e. The predicted octanol–water partition coefficient (Wildman–Crippen LogP) is 3.99. The minimum absolute atomic E-state index is 0.0517. The lowest BCUT2D eigenvalue weighted by atomic mass is 10.2. The van der Waals surface area contributed by atoms with E-state index < -0.39 is 0 Å². The van der Waals surface area contributed by atoms with Crippen LogP contribution in [0, 0.1) is 0 Å². The smallest absolute Gasteiger partial charge is 0.222 e. The third-order valence-electron chi connectivity index (χ3n) is 3.79. The molecule has 0 spiro atoms. The van der Waals surface area contributed by atoms with Gasteiger partial charge in [0.15, 0.2) is 0 Å². The largest absolute Gasteiger partial charge is 0.495 e. The Bertz CT molecular complexity index is 902. The summed E-state index contributed by atoms with van der Waals surface area (Å²) in [6.45, 7) is 0.887. The molecule has 27 heavy (non-hydrogen) atoms. The molecule has 0 bridgehead atoms. The molecule has 0 saturated carbocycles. The van der Waals surface area contributed by atoms with Gasteiger partial charge in [0, 0.05) is 41.3 Å². The van der Waals surface area contributed by atoms with Crippen molar-refractivity contribution < 1.29 is 9.53 Å². The number of thiazole rings is 1. The van der Waals surface area contributed by atoms with Crippen LogP contribution in [0.2, 0.25) is 5.02 Å². The molecule has 0 unspecified atom stereocenters. The molecule has 0 saturated heterocycles. The number of anilines is 1. The van der Waals surface area contributed by atoms with E-state index in [-0.39, 0.29) is 5.91 Å². The molecule has 8 heteroatoms. The van der Waals surface area contributed by atoms with Crippen molar-refractivity contribution in [3.63, 3.8) is 0 Å². The topological polar surface area (TPSA) is 76.1 Å². The average molecular weight is 403 g/mol. The van der Waals surface area contributed by atoms with Crippen molar-refractivity contribution in [2.24, 2.45) is 0 Å². The summed E-state index contributed by atoms with van der Waals surface area (Å²) >= 11 is 7.52. The van der Waals surface area contributed by atoms with E-state index in [0.717, 1.165) is 22.0 Å². The summed E-state index contributed by atoms with van der Waals surface area (Å²) in [7, 11) is 1.59. The minimum atomic E-state index is -0.0517. The quantitative estimate of drug-likeness (QED) is 0.595. The summed E-state index contributed by atoms with van der Waals surface area (Å²) in [6, 6.07) is 9.13. The Morgan fingerprint density at radius 3 is 2.85 bits per heavy atom. The maximum atomic E-state index is 12.1. The second-order valence-corrected chi connectivity index (χ2v) is 7.04. The molecule has 0 atom stereocenters. The number of pyridine rings is 1. The number of carbonyl (C=O) groups excluding carboxylic acids is 1. The zero-order valence-corrected chi connectivity index (χ0v) is 16.3. The Morgan fingerprint density at radius 1 is 1.26 bits per heavy atom. The number of benzene rings is 1. The average Bonchev–Trinajstić information content (AvgIpc) is 3.16. The fourth-order valence-corrected chi connectivity index (χ4v) is 3.35. The van der Waals surface area contributed by atoms with Gasteiger partial charge >= 0.3 is 0 Å². The summed E-state index contributed by atoms with van der Waals surface area (Å²) in [4.78, 5) is 20.6. The van der Waals surface area contributed by atoms with Crippen LogP contribution < -0.4 is 15.4 Å². The van der Waals surface area contributed by atoms with Crippen molar-refractivity contribution in [1.29, 1.82) is 0 Å². The number of aromatic nitrogens is 2. The molecule has 140 valence electrons. The van der Waals surface area contributed by atoms with Crippen molar-refractivity contribution in [1.82, 2.24) is 15.3 Å². The Hall–Kier alpha value is -2.64. The Kier molecular flexibility index (Phi) is 6.62. The van der Waals surface area contributed by atoms with Crippen LogP contribution in [0.1, 0.15) is 11.4 Å². The first kappa shape index (κ1) is 19.1. The third kappa shape index (κ3) is 5.42. The first-order valence-corrected chi connectivity index (χ1v) is 9.60. The molecule has 3 rings (SSSR count). The standard InChI is InChI=1S/C19H19ClN4O2S/c1-26-17-3-2-14(20)10-15(17)22-9-6-18(25)23-11-19-24-16(12-27-19)13-4-7-21-8-5-13/h2-5,7-8,10,12,22H,6,9,11H2,1H3,(H,23,25). The van der Waals surface area contributed by atoms with E-state index in [9.17, 15) is 4.79 Å². The second-order valence-electron chi connectivity index (χ2n) is 5.66. The van der Waals surface area contributed by atoms with Crippen LogP contribution in [0.4, 0.5) is 5.69 Å². The van der Waals surface area contributed by atoms with Gasteiger partial charge in [0.25, 0.3) is 0 Å². The molecular formula is C19H19ClN4O2S. The normalized spacial score (nSPS) is 10.4. The van der Waals surface area contributed by atoms with Crippen LogP contribution in [0.3, 0.4) is 0 Å². The van der Waals surface area contributed by atoms with Crippen LogP contribution in [0.25, 0.3) is 11.3 Å². The van der Waals surface area contributed by atoms with Gasteiger partial charge in [-0.15, -0.1) is 11.3 Å². The number of carbonyl (C=O) groups is 1. The highest BCUT2D eigenvalue weighted by atomic mass is 35.5. The molecule has 0 aliphatic heterocycles. The van der Waals surface area contributed by atoms with Gasteiger partial charge in [0.2, 0.25) is 5.91 Å². The van der Waals surface area contributed by atoms with E-state index in [1.54, 1.807) is 37.7 Å². The van der Waals surface area contributed by atoms with Gasteiger partial charge in [-0.3, -0.25) is 9.78 Å². The molecule has 2 aromatic heterocycles. The number of ether oxygens (including phenoxy) is 1. The lowest BCUT2D eigenvalue weighted by molar-refractivity contribution is -0.121. The number of methoxy groups -OCH3 is 1. The van der Waals surface area contributed by atoms with E-state index in [1.165, 1.54) is 11.3 Å². The van der Waals surface area contributed by atoms with Crippen molar-refractivity contribution in [2.45, 2.75) is 13.0 Å². The van der Waals surface area contributed by atoms with E-state index >= 15 is 0 Å². The Labute approximate surface area is 166 Å².